The molecule has 0 saturated heterocycles. The van der Waals surface area contributed by atoms with E-state index in [-0.39, 0.29) is 0 Å². The van der Waals surface area contributed by atoms with Gasteiger partial charge >= 0.3 is 0 Å². The van der Waals surface area contributed by atoms with Gasteiger partial charge in [-0.15, -0.1) is 0 Å². The average Bonchev–Trinajstić information content (AvgIpc) is 2.82. The highest BCUT2D eigenvalue weighted by atomic mass is 16.5. The van der Waals surface area contributed by atoms with Crippen molar-refractivity contribution in [1.29, 1.82) is 0 Å². The molecule has 1 aromatic rings. The number of hydrogen-bond donors (Lipinski definition) is 1. The molecule has 0 fully saturated rings. The van der Waals surface area contributed by atoms with Crippen molar-refractivity contribution < 1.29 is 4.74 Å². The summed E-state index contributed by atoms with van der Waals surface area (Å²) < 4.78 is 7.49. The molecule has 1 heterocycles. The minimum atomic E-state index is 0.377. The van der Waals surface area contributed by atoms with E-state index in [9.17, 15) is 0 Å². The number of methoxy groups -OCH3 is 1. The first-order valence-electron chi connectivity index (χ1n) is 7.47. The fourth-order valence-corrected chi connectivity index (χ4v) is 2.33. The predicted octanol–water partition coefficient (Wildman–Crippen LogP) is 3.18. The molecular formula is C15H29N3O. The van der Waals surface area contributed by atoms with Gasteiger partial charge in [0.1, 0.15) is 0 Å². The van der Waals surface area contributed by atoms with Crippen LogP contribution < -0.4 is 10.1 Å². The monoisotopic (exact) mass is 267 g/mol. The first-order chi connectivity index (χ1) is 9.13. The lowest BCUT2D eigenvalue weighted by Gasteiger charge is -2.18. The lowest BCUT2D eigenvalue weighted by Crippen LogP contribution is -2.29. The number of aromatic nitrogens is 2. The lowest BCUT2D eigenvalue weighted by atomic mass is 10.1. The zero-order chi connectivity index (χ0) is 14.3. The number of nitrogens with zero attached hydrogens (tertiary/aromatic N) is 2. The molecule has 0 amide bonds. The number of hydrogen-bond acceptors (Lipinski definition) is 3. The van der Waals surface area contributed by atoms with E-state index >= 15 is 0 Å². The van der Waals surface area contributed by atoms with E-state index in [0.29, 0.717) is 12.1 Å². The third kappa shape index (κ3) is 4.53. The Bertz CT molecular complexity index is 360. The van der Waals surface area contributed by atoms with Gasteiger partial charge in [0.2, 0.25) is 0 Å². The Balaban J connectivity index is 2.66. The summed E-state index contributed by atoms with van der Waals surface area (Å²) in [4.78, 5) is 0. The van der Waals surface area contributed by atoms with E-state index in [0.717, 1.165) is 31.6 Å². The highest BCUT2D eigenvalue weighted by Crippen LogP contribution is 2.23. The van der Waals surface area contributed by atoms with Gasteiger partial charge in [0.05, 0.1) is 19.0 Å². The van der Waals surface area contributed by atoms with Crippen molar-refractivity contribution in [1.82, 2.24) is 15.1 Å². The average molecular weight is 267 g/mol. The molecule has 1 rings (SSSR count). The summed E-state index contributed by atoms with van der Waals surface area (Å²) in [5, 5.41) is 8.02. The Kier molecular flexibility index (Phi) is 6.92. The SMILES string of the molecule is CCCNC(CC)CCc1c(OC)cnn1C(C)C. The van der Waals surface area contributed by atoms with Crippen LogP contribution in [0.5, 0.6) is 5.75 Å². The molecule has 1 N–H and O–H groups in total. The fraction of sp³-hybridized carbons (Fsp3) is 0.800. The summed E-state index contributed by atoms with van der Waals surface area (Å²) in [5.41, 5.74) is 1.22. The van der Waals surface area contributed by atoms with Crippen molar-refractivity contribution >= 4 is 0 Å². The molecule has 110 valence electrons. The Morgan fingerprint density at radius 1 is 1.37 bits per heavy atom. The van der Waals surface area contributed by atoms with Crippen molar-refractivity contribution in [3.63, 3.8) is 0 Å². The summed E-state index contributed by atoms with van der Waals surface area (Å²) in [5.74, 6) is 0.916. The second-order valence-corrected chi connectivity index (χ2v) is 5.30. The smallest absolute Gasteiger partial charge is 0.159 e. The first kappa shape index (κ1) is 16.0. The maximum absolute atomic E-state index is 5.42. The summed E-state index contributed by atoms with van der Waals surface area (Å²) in [7, 11) is 1.72. The van der Waals surface area contributed by atoms with Crippen LogP contribution >= 0.6 is 0 Å². The van der Waals surface area contributed by atoms with Crippen LogP contribution in [-0.4, -0.2) is 29.5 Å². The van der Waals surface area contributed by atoms with Crippen LogP contribution in [0.3, 0.4) is 0 Å². The van der Waals surface area contributed by atoms with Gasteiger partial charge in [-0.3, -0.25) is 4.68 Å². The molecule has 0 aliphatic rings. The van der Waals surface area contributed by atoms with E-state index in [1.807, 2.05) is 6.20 Å². The molecule has 0 aliphatic heterocycles. The molecule has 0 saturated carbocycles. The summed E-state index contributed by atoms with van der Waals surface area (Å²) in [6.07, 6.45) is 6.32. The minimum absolute atomic E-state index is 0.377. The summed E-state index contributed by atoms with van der Waals surface area (Å²) >= 11 is 0. The van der Waals surface area contributed by atoms with Gasteiger partial charge in [-0.1, -0.05) is 13.8 Å². The van der Waals surface area contributed by atoms with Crippen LogP contribution in [0, 0.1) is 0 Å². The predicted molar refractivity (Wildman–Crippen MR) is 79.9 cm³/mol. The van der Waals surface area contributed by atoms with Gasteiger partial charge in [0.15, 0.2) is 5.75 Å². The van der Waals surface area contributed by atoms with Gasteiger partial charge < -0.3 is 10.1 Å². The van der Waals surface area contributed by atoms with Gasteiger partial charge in [-0.05, 0) is 46.1 Å². The van der Waals surface area contributed by atoms with Gasteiger partial charge in [0, 0.05) is 12.1 Å². The van der Waals surface area contributed by atoms with Crippen molar-refractivity contribution in [2.75, 3.05) is 13.7 Å². The first-order valence-corrected chi connectivity index (χ1v) is 7.47. The molecule has 0 radical (unpaired) electrons. The quantitative estimate of drug-likeness (QED) is 0.747. The van der Waals surface area contributed by atoms with E-state index in [2.05, 4.69) is 42.8 Å². The second kappa shape index (κ2) is 8.20. The second-order valence-electron chi connectivity index (χ2n) is 5.30. The molecule has 0 bridgehead atoms. The van der Waals surface area contributed by atoms with E-state index in [1.54, 1.807) is 7.11 Å². The van der Waals surface area contributed by atoms with Crippen molar-refractivity contribution in [3.05, 3.63) is 11.9 Å². The third-order valence-electron chi connectivity index (χ3n) is 3.47. The number of nitrogens with one attached hydrogen (secondary N) is 1. The zero-order valence-electron chi connectivity index (χ0n) is 13.1. The van der Waals surface area contributed by atoms with Crippen molar-refractivity contribution in [2.24, 2.45) is 0 Å². The van der Waals surface area contributed by atoms with Crippen LogP contribution in [-0.2, 0) is 6.42 Å². The van der Waals surface area contributed by atoms with Crippen LogP contribution in [0.2, 0.25) is 0 Å². The molecule has 0 aromatic carbocycles. The topological polar surface area (TPSA) is 39.1 Å². The Morgan fingerprint density at radius 2 is 2.11 bits per heavy atom. The van der Waals surface area contributed by atoms with E-state index in [1.165, 1.54) is 12.1 Å². The van der Waals surface area contributed by atoms with Gasteiger partial charge in [-0.25, -0.2) is 0 Å². The summed E-state index contributed by atoms with van der Waals surface area (Å²) in [6.45, 7) is 9.85. The molecule has 1 aromatic heterocycles. The largest absolute Gasteiger partial charge is 0.493 e. The highest BCUT2D eigenvalue weighted by molar-refractivity contribution is 5.25. The fourth-order valence-electron chi connectivity index (χ4n) is 2.33. The third-order valence-corrected chi connectivity index (χ3v) is 3.47. The molecule has 1 atom stereocenters. The Labute approximate surface area is 117 Å². The molecular weight excluding hydrogens is 238 g/mol. The summed E-state index contributed by atoms with van der Waals surface area (Å²) in [6, 6.07) is 0.961. The van der Waals surface area contributed by atoms with Crippen molar-refractivity contribution in [2.45, 2.75) is 65.5 Å². The van der Waals surface area contributed by atoms with Crippen LogP contribution in [0.4, 0.5) is 0 Å². The highest BCUT2D eigenvalue weighted by Gasteiger charge is 2.15. The molecule has 1 unspecified atom stereocenters. The van der Waals surface area contributed by atoms with Crippen LogP contribution in [0.15, 0.2) is 6.20 Å². The maximum Gasteiger partial charge on any atom is 0.159 e. The van der Waals surface area contributed by atoms with Crippen LogP contribution in [0.25, 0.3) is 0 Å². The Hall–Kier alpha value is -1.03. The van der Waals surface area contributed by atoms with Gasteiger partial charge in [-0.2, -0.15) is 5.10 Å². The van der Waals surface area contributed by atoms with E-state index in [4.69, 9.17) is 4.74 Å². The van der Waals surface area contributed by atoms with Crippen molar-refractivity contribution in [3.8, 4) is 5.75 Å². The molecule has 0 spiro atoms. The normalized spacial score (nSPS) is 12.9. The number of rotatable bonds is 9. The Morgan fingerprint density at radius 3 is 2.63 bits per heavy atom. The zero-order valence-corrected chi connectivity index (χ0v) is 13.1. The van der Waals surface area contributed by atoms with Gasteiger partial charge in [0.25, 0.3) is 0 Å². The van der Waals surface area contributed by atoms with E-state index < -0.39 is 0 Å². The molecule has 4 nitrogen and oxygen atoms in total. The lowest BCUT2D eigenvalue weighted by molar-refractivity contribution is 0.396. The molecule has 0 aliphatic carbocycles. The number of ether oxygens (including phenoxy) is 1. The van der Waals surface area contributed by atoms with Crippen LogP contribution in [0.1, 0.15) is 58.7 Å². The molecule has 19 heavy (non-hydrogen) atoms. The maximum atomic E-state index is 5.42. The molecule has 4 heteroatoms. The standard InChI is InChI=1S/C15H29N3O/c1-6-10-16-13(7-2)8-9-14-15(19-5)11-17-18(14)12(3)4/h11-13,16H,6-10H2,1-5H3. The minimum Gasteiger partial charge on any atom is -0.493 e.